The molecule has 5 heteroatoms. The largest absolute Gasteiger partial charge is 0.495 e. The molecule has 0 aliphatic heterocycles. The van der Waals surface area contributed by atoms with Crippen LogP contribution in [0.3, 0.4) is 0 Å². The molecule has 0 bridgehead atoms. The third-order valence-corrected chi connectivity index (χ3v) is 2.68. The molecule has 0 radical (unpaired) electrons. The summed E-state index contributed by atoms with van der Waals surface area (Å²) in [5.41, 5.74) is 8.52. The number of aromatic nitrogens is 1. The third-order valence-electron chi connectivity index (χ3n) is 2.68. The van der Waals surface area contributed by atoms with Crippen LogP contribution in [-0.2, 0) is 0 Å². The summed E-state index contributed by atoms with van der Waals surface area (Å²) in [6.45, 7) is 1.92. The first-order valence-electron chi connectivity index (χ1n) is 5.71. The molecule has 0 amide bonds. The van der Waals surface area contributed by atoms with E-state index in [0.717, 1.165) is 11.3 Å². The normalized spacial score (nSPS) is 9.74. The molecule has 0 aliphatic carbocycles. The summed E-state index contributed by atoms with van der Waals surface area (Å²) in [5, 5.41) is 12.0. The number of hydrogen-bond acceptors (Lipinski definition) is 5. The first kappa shape index (κ1) is 12.7. The van der Waals surface area contributed by atoms with Crippen molar-refractivity contribution < 1.29 is 4.74 Å². The number of ether oxygens (including phenoxy) is 1. The highest BCUT2D eigenvalue weighted by atomic mass is 16.5. The lowest BCUT2D eigenvalue weighted by Gasteiger charge is -2.12. The highest BCUT2D eigenvalue weighted by molar-refractivity contribution is 5.68. The van der Waals surface area contributed by atoms with Gasteiger partial charge < -0.3 is 15.8 Å². The summed E-state index contributed by atoms with van der Waals surface area (Å²) in [6.07, 6.45) is 1.59. The molecule has 0 spiro atoms. The number of nitrogens with two attached hydrogens (primary N) is 1. The van der Waals surface area contributed by atoms with Crippen LogP contribution in [0.1, 0.15) is 11.1 Å². The van der Waals surface area contributed by atoms with Gasteiger partial charge in [-0.1, -0.05) is 0 Å². The second kappa shape index (κ2) is 5.27. The summed E-state index contributed by atoms with van der Waals surface area (Å²) >= 11 is 0. The molecule has 0 fully saturated rings. The first-order valence-corrected chi connectivity index (χ1v) is 5.71. The Morgan fingerprint density at radius 1 is 1.37 bits per heavy atom. The SMILES string of the molecule is COc1cc(C#N)ccc1Nc1ncc(N)cc1C. The summed E-state index contributed by atoms with van der Waals surface area (Å²) in [6, 6.07) is 9.09. The highest BCUT2D eigenvalue weighted by Gasteiger charge is 2.07. The number of nitriles is 1. The molecule has 1 aromatic heterocycles. The van der Waals surface area contributed by atoms with E-state index in [1.807, 2.05) is 13.0 Å². The zero-order valence-electron chi connectivity index (χ0n) is 10.8. The van der Waals surface area contributed by atoms with Gasteiger partial charge in [-0.15, -0.1) is 0 Å². The van der Waals surface area contributed by atoms with Gasteiger partial charge in [0, 0.05) is 6.07 Å². The Morgan fingerprint density at radius 2 is 2.16 bits per heavy atom. The van der Waals surface area contributed by atoms with Gasteiger partial charge in [0.1, 0.15) is 11.6 Å². The van der Waals surface area contributed by atoms with Gasteiger partial charge in [0.05, 0.1) is 36.3 Å². The molecule has 2 aromatic rings. The number of aryl methyl sites for hydroxylation is 1. The molecule has 0 aliphatic rings. The van der Waals surface area contributed by atoms with Crippen molar-refractivity contribution in [1.82, 2.24) is 4.98 Å². The minimum Gasteiger partial charge on any atom is -0.495 e. The van der Waals surface area contributed by atoms with Crippen LogP contribution in [0.15, 0.2) is 30.5 Å². The summed E-state index contributed by atoms with van der Waals surface area (Å²) in [7, 11) is 1.56. The minimum absolute atomic E-state index is 0.546. The fourth-order valence-electron chi connectivity index (χ4n) is 1.72. The van der Waals surface area contributed by atoms with E-state index in [9.17, 15) is 0 Å². The minimum atomic E-state index is 0.546. The summed E-state index contributed by atoms with van der Waals surface area (Å²) in [4.78, 5) is 4.23. The molecule has 2 rings (SSSR count). The van der Waals surface area contributed by atoms with Crippen LogP contribution in [0.25, 0.3) is 0 Å². The van der Waals surface area contributed by atoms with E-state index >= 15 is 0 Å². The van der Waals surface area contributed by atoms with Crippen molar-refractivity contribution in [2.75, 3.05) is 18.2 Å². The molecule has 3 N–H and O–H groups in total. The molecule has 0 atom stereocenters. The number of hydrogen-bond donors (Lipinski definition) is 2. The van der Waals surface area contributed by atoms with Gasteiger partial charge >= 0.3 is 0 Å². The number of nitrogens with one attached hydrogen (secondary N) is 1. The maximum Gasteiger partial charge on any atom is 0.143 e. The fourth-order valence-corrected chi connectivity index (χ4v) is 1.72. The van der Waals surface area contributed by atoms with Gasteiger partial charge in [0.15, 0.2) is 0 Å². The lowest BCUT2D eigenvalue weighted by atomic mass is 10.2. The summed E-state index contributed by atoms with van der Waals surface area (Å²) in [5.74, 6) is 1.30. The van der Waals surface area contributed by atoms with Crippen LogP contribution in [0, 0.1) is 18.3 Å². The molecule has 5 nitrogen and oxygen atoms in total. The average molecular weight is 254 g/mol. The second-order valence-electron chi connectivity index (χ2n) is 4.09. The van der Waals surface area contributed by atoms with Crippen LogP contribution in [-0.4, -0.2) is 12.1 Å². The van der Waals surface area contributed by atoms with Crippen LogP contribution < -0.4 is 15.8 Å². The fraction of sp³-hybridized carbons (Fsp3) is 0.143. The van der Waals surface area contributed by atoms with E-state index in [2.05, 4.69) is 16.4 Å². The maximum absolute atomic E-state index is 8.86. The van der Waals surface area contributed by atoms with Crippen LogP contribution in [0.2, 0.25) is 0 Å². The van der Waals surface area contributed by atoms with Crippen LogP contribution in [0.5, 0.6) is 5.75 Å². The van der Waals surface area contributed by atoms with E-state index in [-0.39, 0.29) is 0 Å². The smallest absolute Gasteiger partial charge is 0.143 e. The van der Waals surface area contributed by atoms with Crippen molar-refractivity contribution in [3.05, 3.63) is 41.6 Å². The number of pyridine rings is 1. The van der Waals surface area contributed by atoms with Crippen molar-refractivity contribution in [3.8, 4) is 11.8 Å². The van der Waals surface area contributed by atoms with Crippen molar-refractivity contribution in [2.45, 2.75) is 6.92 Å². The van der Waals surface area contributed by atoms with E-state index in [0.29, 0.717) is 22.8 Å². The van der Waals surface area contributed by atoms with E-state index < -0.39 is 0 Å². The van der Waals surface area contributed by atoms with Gasteiger partial charge in [0.2, 0.25) is 0 Å². The Hall–Kier alpha value is -2.74. The van der Waals surface area contributed by atoms with Crippen molar-refractivity contribution in [1.29, 1.82) is 5.26 Å². The number of anilines is 3. The molecule has 0 saturated heterocycles. The molecule has 0 saturated carbocycles. The summed E-state index contributed by atoms with van der Waals surface area (Å²) < 4.78 is 5.26. The Labute approximate surface area is 111 Å². The molecule has 96 valence electrons. The van der Waals surface area contributed by atoms with Gasteiger partial charge in [-0.3, -0.25) is 0 Å². The highest BCUT2D eigenvalue weighted by Crippen LogP contribution is 2.29. The molecule has 1 heterocycles. The Kier molecular flexibility index (Phi) is 3.53. The molecular formula is C14H14N4O. The quantitative estimate of drug-likeness (QED) is 0.879. The van der Waals surface area contributed by atoms with Gasteiger partial charge in [0.25, 0.3) is 0 Å². The van der Waals surface area contributed by atoms with Crippen LogP contribution >= 0.6 is 0 Å². The van der Waals surface area contributed by atoms with Crippen LogP contribution in [0.4, 0.5) is 17.2 Å². The number of methoxy groups -OCH3 is 1. The van der Waals surface area contributed by atoms with Gasteiger partial charge in [-0.2, -0.15) is 5.26 Å². The Balaban J connectivity index is 2.35. The zero-order chi connectivity index (χ0) is 13.8. The predicted octanol–water partition coefficient (Wildman–Crippen LogP) is 2.60. The predicted molar refractivity (Wildman–Crippen MR) is 74.4 cm³/mol. The van der Waals surface area contributed by atoms with E-state index in [1.54, 1.807) is 31.5 Å². The first-order chi connectivity index (χ1) is 9.13. The van der Waals surface area contributed by atoms with Gasteiger partial charge in [-0.25, -0.2) is 4.98 Å². The monoisotopic (exact) mass is 254 g/mol. The molecular weight excluding hydrogens is 240 g/mol. The number of rotatable bonds is 3. The van der Waals surface area contributed by atoms with Crippen molar-refractivity contribution in [3.63, 3.8) is 0 Å². The lowest BCUT2D eigenvalue weighted by Crippen LogP contribution is -2.00. The molecule has 1 aromatic carbocycles. The number of benzene rings is 1. The Morgan fingerprint density at radius 3 is 2.79 bits per heavy atom. The lowest BCUT2D eigenvalue weighted by molar-refractivity contribution is 0.416. The molecule has 19 heavy (non-hydrogen) atoms. The van der Waals surface area contributed by atoms with Crippen molar-refractivity contribution in [2.24, 2.45) is 0 Å². The average Bonchev–Trinajstić information content (AvgIpc) is 2.42. The number of nitrogen functional groups attached to an aromatic ring is 1. The standard InChI is InChI=1S/C14H14N4O/c1-9-5-11(16)8-17-14(9)18-12-4-3-10(7-15)6-13(12)19-2/h3-6,8H,16H2,1-2H3,(H,17,18). The topological polar surface area (TPSA) is 84.0 Å². The van der Waals surface area contributed by atoms with Gasteiger partial charge in [-0.05, 0) is 30.7 Å². The zero-order valence-corrected chi connectivity index (χ0v) is 10.8. The molecule has 0 unspecified atom stereocenters. The second-order valence-corrected chi connectivity index (χ2v) is 4.09. The maximum atomic E-state index is 8.86. The van der Waals surface area contributed by atoms with Crippen molar-refractivity contribution >= 4 is 17.2 Å². The van der Waals surface area contributed by atoms with E-state index in [4.69, 9.17) is 15.7 Å². The number of nitrogens with zero attached hydrogens (tertiary/aromatic N) is 2. The third kappa shape index (κ3) is 2.75. The van der Waals surface area contributed by atoms with E-state index in [1.165, 1.54) is 0 Å². The Bertz CT molecular complexity index is 646.